The minimum absolute atomic E-state index is 0.0533. The van der Waals surface area contributed by atoms with Gasteiger partial charge in [0.2, 0.25) is 11.9 Å². The fourth-order valence-electron chi connectivity index (χ4n) is 6.39. The summed E-state index contributed by atoms with van der Waals surface area (Å²) in [5, 5.41) is 52.1. The van der Waals surface area contributed by atoms with Crippen molar-refractivity contribution in [1.82, 2.24) is 15.0 Å². The standard InChI is InChI=1S/C39H41N13O11S5/c1-7-51(8-2)27-13-23(25(15-29(27)62-5)47-49-35-21(17-40)33(67(56,57)58)31(19-54)65-35)42-37-44-38(46-39(45-37)64-12-11-53)43-24-14-28(52(9-3)10-4)30(63-6)16-26(24)48-50-36-22(18-41)34(68(59,60)61)32(20-55)66-36/h13-16,19-20,53H,7-12H2,1-6H3,(H,56,57,58)(H,59,60,61)(H2,42,43,44,45,46). The molecule has 0 saturated heterocycles. The van der Waals surface area contributed by atoms with Gasteiger partial charge in [-0.05, 0) is 39.8 Å². The highest BCUT2D eigenvalue weighted by molar-refractivity contribution is 7.99. The van der Waals surface area contributed by atoms with Crippen molar-refractivity contribution >= 4 is 123 Å². The lowest BCUT2D eigenvalue weighted by atomic mass is 10.2. The smallest absolute Gasteiger partial charge is 0.297 e. The van der Waals surface area contributed by atoms with E-state index in [1.54, 1.807) is 24.3 Å². The Morgan fingerprint density at radius 2 is 1.10 bits per heavy atom. The topological polar surface area (TPSA) is 348 Å². The molecule has 0 aliphatic rings. The minimum atomic E-state index is -5.01. The number of aromatic nitrogens is 3. The number of nitriles is 2. The lowest BCUT2D eigenvalue weighted by Gasteiger charge is -2.25. The third kappa shape index (κ3) is 11.7. The summed E-state index contributed by atoms with van der Waals surface area (Å²) in [6.07, 6.45) is 0.342. The van der Waals surface area contributed by atoms with Gasteiger partial charge in [-0.1, -0.05) is 11.8 Å². The van der Waals surface area contributed by atoms with Crippen LogP contribution in [0.2, 0.25) is 0 Å². The molecule has 5 rings (SSSR count). The van der Waals surface area contributed by atoms with Crippen LogP contribution in [0.3, 0.4) is 0 Å². The SMILES string of the molecule is CCN(CC)c1cc(Nc2nc(Nc3cc(N(CC)CC)c(OC)cc3N=Nc3sc(C=O)c(S(=O)(=O)O)c3C#N)nc(SCCO)n2)c(N=Nc2sc(C=O)c(S(=O)(=O)O)c2C#N)cc1OC. The molecule has 0 bridgehead atoms. The molecule has 24 nitrogen and oxygen atoms in total. The predicted octanol–water partition coefficient (Wildman–Crippen LogP) is 7.97. The molecule has 5 aromatic rings. The van der Waals surface area contributed by atoms with Crippen LogP contribution in [0.5, 0.6) is 11.5 Å². The van der Waals surface area contributed by atoms with Gasteiger partial charge in [0.05, 0.1) is 53.3 Å². The van der Waals surface area contributed by atoms with Crippen LogP contribution in [0.15, 0.2) is 59.7 Å². The van der Waals surface area contributed by atoms with Gasteiger partial charge in [-0.25, -0.2) is 0 Å². The number of carbonyl (C=O) groups excluding carboxylic acids is 2. The molecule has 2 aromatic carbocycles. The van der Waals surface area contributed by atoms with Gasteiger partial charge in [0.15, 0.2) is 27.7 Å². The number of anilines is 6. The van der Waals surface area contributed by atoms with Gasteiger partial charge >= 0.3 is 0 Å². The van der Waals surface area contributed by atoms with E-state index in [2.05, 4.69) is 46.0 Å². The number of carbonyl (C=O) groups is 2. The molecule has 3 heterocycles. The van der Waals surface area contributed by atoms with Crippen molar-refractivity contribution < 1.29 is 50.1 Å². The summed E-state index contributed by atoms with van der Waals surface area (Å²) in [7, 11) is -7.14. The van der Waals surface area contributed by atoms with E-state index in [4.69, 9.17) is 9.47 Å². The van der Waals surface area contributed by atoms with Crippen LogP contribution in [-0.2, 0) is 20.2 Å². The molecular formula is C39H41N13O11S5. The molecule has 3 aromatic heterocycles. The fourth-order valence-corrected chi connectivity index (χ4v) is 10.9. The summed E-state index contributed by atoms with van der Waals surface area (Å²) in [6, 6.07) is 9.68. The highest BCUT2D eigenvalue weighted by Gasteiger charge is 2.29. The number of thioether (sulfide) groups is 1. The highest BCUT2D eigenvalue weighted by atomic mass is 32.2. The second kappa shape index (κ2) is 22.9. The summed E-state index contributed by atoms with van der Waals surface area (Å²) in [5.74, 6) is 0.680. The largest absolute Gasteiger partial charge is 0.494 e. The molecule has 0 amide bonds. The number of aldehydes is 2. The lowest BCUT2D eigenvalue weighted by Crippen LogP contribution is -2.22. The van der Waals surface area contributed by atoms with Gasteiger partial charge < -0.3 is 35.0 Å². The van der Waals surface area contributed by atoms with Gasteiger partial charge in [0.25, 0.3) is 20.2 Å². The zero-order chi connectivity index (χ0) is 49.9. The van der Waals surface area contributed by atoms with E-state index in [-0.39, 0.29) is 74.7 Å². The Hall–Kier alpha value is -6.70. The summed E-state index contributed by atoms with van der Waals surface area (Å²) < 4.78 is 79.6. The molecule has 29 heteroatoms. The third-order valence-electron chi connectivity index (χ3n) is 9.43. The number of aliphatic hydroxyl groups is 1. The van der Waals surface area contributed by atoms with E-state index in [1.807, 2.05) is 37.5 Å². The Morgan fingerprint density at radius 3 is 1.41 bits per heavy atom. The maximum atomic E-state index is 12.1. The van der Waals surface area contributed by atoms with Crippen LogP contribution >= 0.6 is 34.4 Å². The van der Waals surface area contributed by atoms with Crippen LogP contribution in [-0.4, -0.2) is 111 Å². The van der Waals surface area contributed by atoms with Crippen LogP contribution in [0, 0.1) is 22.7 Å². The van der Waals surface area contributed by atoms with E-state index in [1.165, 1.54) is 26.4 Å². The minimum Gasteiger partial charge on any atom is -0.494 e. The first-order valence-electron chi connectivity index (χ1n) is 19.8. The number of methoxy groups -OCH3 is 2. The number of thiophene rings is 2. The number of hydrogen-bond acceptors (Lipinski definition) is 25. The number of aliphatic hydroxyl groups excluding tert-OH is 1. The summed E-state index contributed by atoms with van der Waals surface area (Å²) in [5.41, 5.74) is 0.516. The molecule has 358 valence electrons. The third-order valence-corrected chi connectivity index (χ3v) is 14.4. The van der Waals surface area contributed by atoms with Gasteiger partial charge in [0, 0.05) is 44.1 Å². The van der Waals surface area contributed by atoms with Crippen molar-refractivity contribution in [2.75, 3.05) is 73.2 Å². The average molecular weight is 1030 g/mol. The Kier molecular flexibility index (Phi) is 17.6. The molecule has 0 spiro atoms. The predicted molar refractivity (Wildman–Crippen MR) is 254 cm³/mol. The van der Waals surface area contributed by atoms with Crippen molar-refractivity contribution in [2.24, 2.45) is 20.5 Å². The lowest BCUT2D eigenvalue weighted by molar-refractivity contribution is 0.111. The Balaban J connectivity index is 1.71. The first-order valence-corrected chi connectivity index (χ1v) is 25.3. The summed E-state index contributed by atoms with van der Waals surface area (Å²) in [4.78, 5) is 38.5. The van der Waals surface area contributed by atoms with Gasteiger partial charge in [-0.3, -0.25) is 18.7 Å². The number of hydrogen-bond donors (Lipinski definition) is 5. The fraction of sp³-hybridized carbons (Fsp3) is 0.308. The number of azo groups is 2. The second-order valence-electron chi connectivity index (χ2n) is 13.3. The molecule has 0 saturated carbocycles. The van der Waals surface area contributed by atoms with Crippen LogP contribution < -0.4 is 29.9 Å². The van der Waals surface area contributed by atoms with Gasteiger partial charge in [-0.2, -0.15) is 42.3 Å². The van der Waals surface area contributed by atoms with Crippen molar-refractivity contribution in [1.29, 1.82) is 10.5 Å². The summed E-state index contributed by atoms with van der Waals surface area (Å²) >= 11 is 2.11. The van der Waals surface area contributed by atoms with Gasteiger partial charge in [-0.15, -0.1) is 43.1 Å². The quantitative estimate of drug-likeness (QED) is 0.0179. The molecule has 0 atom stereocenters. The van der Waals surface area contributed by atoms with E-state index < -0.39 is 50.9 Å². The summed E-state index contributed by atoms with van der Waals surface area (Å²) in [6.45, 7) is 9.65. The maximum Gasteiger partial charge on any atom is 0.297 e. The molecule has 5 N–H and O–H groups in total. The number of rotatable bonds is 23. The molecular weight excluding hydrogens is 987 g/mol. The maximum absolute atomic E-state index is 12.1. The number of nitrogens with zero attached hydrogens (tertiary/aromatic N) is 11. The Labute approximate surface area is 401 Å². The van der Waals surface area contributed by atoms with Crippen molar-refractivity contribution in [3.8, 4) is 23.6 Å². The van der Waals surface area contributed by atoms with Crippen molar-refractivity contribution in [3.63, 3.8) is 0 Å². The van der Waals surface area contributed by atoms with E-state index in [0.717, 1.165) is 11.8 Å². The van der Waals surface area contributed by atoms with E-state index in [9.17, 15) is 51.2 Å². The van der Waals surface area contributed by atoms with E-state index >= 15 is 0 Å². The van der Waals surface area contributed by atoms with Crippen molar-refractivity contribution in [3.05, 3.63) is 45.1 Å². The van der Waals surface area contributed by atoms with Crippen molar-refractivity contribution in [2.45, 2.75) is 42.6 Å². The molecule has 68 heavy (non-hydrogen) atoms. The Bertz CT molecular complexity index is 2890. The van der Waals surface area contributed by atoms with E-state index in [0.29, 0.717) is 71.7 Å². The monoisotopic (exact) mass is 1030 g/mol. The average Bonchev–Trinajstić information content (AvgIpc) is 3.89. The highest BCUT2D eigenvalue weighted by Crippen LogP contribution is 2.45. The van der Waals surface area contributed by atoms with Crippen LogP contribution in [0.1, 0.15) is 58.2 Å². The molecule has 0 unspecified atom stereocenters. The number of nitrogens with one attached hydrogen (secondary N) is 2. The zero-order valence-electron chi connectivity index (χ0n) is 36.8. The molecule has 0 aliphatic heterocycles. The normalized spacial score (nSPS) is 11.6. The first kappa shape index (κ1) is 52.3. The zero-order valence-corrected chi connectivity index (χ0v) is 40.9. The Morgan fingerprint density at radius 1 is 0.706 bits per heavy atom. The number of benzene rings is 2. The van der Waals surface area contributed by atoms with Crippen LogP contribution in [0.25, 0.3) is 0 Å². The first-order chi connectivity index (χ1) is 32.5. The number of ether oxygens (including phenoxy) is 2. The van der Waals surface area contributed by atoms with Gasteiger partial charge in [0.1, 0.15) is 55.9 Å². The second-order valence-corrected chi connectivity index (χ2v) is 19.1. The molecule has 0 fully saturated rings. The van der Waals surface area contributed by atoms with Crippen LogP contribution in [0.4, 0.5) is 56.0 Å². The molecule has 0 radical (unpaired) electrons. The molecule has 0 aliphatic carbocycles.